The van der Waals surface area contributed by atoms with Crippen molar-refractivity contribution in [1.82, 2.24) is 0 Å². The van der Waals surface area contributed by atoms with E-state index < -0.39 is 5.97 Å². The Balaban J connectivity index is 2.09. The minimum absolute atomic E-state index is 0.0937. The van der Waals surface area contributed by atoms with E-state index in [-0.39, 0.29) is 17.9 Å². The predicted octanol–water partition coefficient (Wildman–Crippen LogP) is 2.63. The van der Waals surface area contributed by atoms with Crippen molar-refractivity contribution in [3.8, 4) is 0 Å². The summed E-state index contributed by atoms with van der Waals surface area (Å²) >= 11 is 1.52. The number of para-hydroxylation sites is 1. The van der Waals surface area contributed by atoms with Gasteiger partial charge in [0.2, 0.25) is 5.91 Å². The molecule has 0 aliphatic carbocycles. The van der Waals surface area contributed by atoms with Gasteiger partial charge in [-0.3, -0.25) is 4.79 Å². The standard InChI is InChI=1S/C13H11NO3S/c15-12(7-9-5-6-18-8-9)14-11-4-2-1-3-10(11)13(16)17/h1-6,8H,7H2,(H,14,15)(H,16,17). The van der Waals surface area contributed by atoms with Gasteiger partial charge in [-0.05, 0) is 34.5 Å². The Kier molecular flexibility index (Phi) is 3.74. The van der Waals surface area contributed by atoms with E-state index in [0.29, 0.717) is 5.69 Å². The zero-order chi connectivity index (χ0) is 13.0. The van der Waals surface area contributed by atoms with Gasteiger partial charge in [0.25, 0.3) is 0 Å². The van der Waals surface area contributed by atoms with Gasteiger partial charge in [-0.15, -0.1) is 0 Å². The molecule has 2 rings (SSSR count). The van der Waals surface area contributed by atoms with Crippen LogP contribution in [0.15, 0.2) is 41.1 Å². The highest BCUT2D eigenvalue weighted by Gasteiger charge is 2.11. The van der Waals surface area contributed by atoms with Crippen molar-refractivity contribution in [2.24, 2.45) is 0 Å². The summed E-state index contributed by atoms with van der Waals surface area (Å²) in [5.41, 5.74) is 1.34. The highest BCUT2D eigenvalue weighted by atomic mass is 32.1. The van der Waals surface area contributed by atoms with Gasteiger partial charge in [0.05, 0.1) is 17.7 Å². The Morgan fingerprint density at radius 3 is 2.67 bits per heavy atom. The molecule has 5 heteroatoms. The van der Waals surface area contributed by atoms with Gasteiger partial charge in [-0.2, -0.15) is 11.3 Å². The molecule has 2 aromatic rings. The Hall–Kier alpha value is -2.14. The predicted molar refractivity (Wildman–Crippen MR) is 70.1 cm³/mol. The Bertz CT molecular complexity index is 563. The van der Waals surface area contributed by atoms with E-state index in [4.69, 9.17) is 5.11 Å². The monoisotopic (exact) mass is 261 g/mol. The molecule has 1 heterocycles. The summed E-state index contributed by atoms with van der Waals surface area (Å²) in [6.45, 7) is 0. The van der Waals surface area contributed by atoms with Crippen LogP contribution in [0.3, 0.4) is 0 Å². The summed E-state index contributed by atoms with van der Waals surface area (Å²) in [5, 5.41) is 15.4. The van der Waals surface area contributed by atoms with Crippen molar-refractivity contribution in [2.75, 3.05) is 5.32 Å². The molecule has 0 saturated heterocycles. The van der Waals surface area contributed by atoms with Gasteiger partial charge < -0.3 is 10.4 Å². The average Bonchev–Trinajstić information content (AvgIpc) is 2.82. The summed E-state index contributed by atoms with van der Waals surface area (Å²) in [4.78, 5) is 22.7. The topological polar surface area (TPSA) is 66.4 Å². The molecular formula is C13H11NO3S. The van der Waals surface area contributed by atoms with E-state index in [1.54, 1.807) is 18.2 Å². The molecule has 1 amide bonds. The van der Waals surface area contributed by atoms with Crippen LogP contribution in [0.1, 0.15) is 15.9 Å². The minimum Gasteiger partial charge on any atom is -0.478 e. The molecule has 0 radical (unpaired) electrons. The van der Waals surface area contributed by atoms with Crippen molar-refractivity contribution in [3.63, 3.8) is 0 Å². The second kappa shape index (κ2) is 5.46. The lowest BCUT2D eigenvalue weighted by atomic mass is 10.1. The first kappa shape index (κ1) is 12.3. The van der Waals surface area contributed by atoms with Crippen LogP contribution < -0.4 is 5.32 Å². The third kappa shape index (κ3) is 2.95. The normalized spacial score (nSPS) is 10.0. The van der Waals surface area contributed by atoms with Crippen LogP contribution in [-0.4, -0.2) is 17.0 Å². The summed E-state index contributed by atoms with van der Waals surface area (Å²) in [7, 11) is 0. The lowest BCUT2D eigenvalue weighted by Crippen LogP contribution is -2.16. The lowest BCUT2D eigenvalue weighted by Gasteiger charge is -2.07. The number of nitrogens with one attached hydrogen (secondary N) is 1. The van der Waals surface area contributed by atoms with E-state index >= 15 is 0 Å². The number of hydrogen-bond acceptors (Lipinski definition) is 3. The highest BCUT2D eigenvalue weighted by molar-refractivity contribution is 7.08. The molecule has 0 bridgehead atoms. The van der Waals surface area contributed by atoms with Crippen molar-refractivity contribution in [1.29, 1.82) is 0 Å². The molecule has 0 aliphatic rings. The number of amides is 1. The van der Waals surface area contributed by atoms with Crippen molar-refractivity contribution >= 4 is 28.9 Å². The molecule has 2 N–H and O–H groups in total. The molecule has 0 fully saturated rings. The third-order valence-electron chi connectivity index (χ3n) is 2.38. The van der Waals surface area contributed by atoms with Crippen molar-refractivity contribution in [3.05, 3.63) is 52.2 Å². The van der Waals surface area contributed by atoms with Crippen LogP contribution in [-0.2, 0) is 11.2 Å². The molecule has 0 atom stereocenters. The van der Waals surface area contributed by atoms with Crippen LogP contribution in [0.5, 0.6) is 0 Å². The molecule has 1 aromatic heterocycles. The molecule has 0 spiro atoms. The molecule has 1 aromatic carbocycles. The molecule has 92 valence electrons. The number of carbonyl (C=O) groups is 2. The van der Waals surface area contributed by atoms with E-state index in [1.165, 1.54) is 17.4 Å². The molecular weight excluding hydrogens is 250 g/mol. The molecule has 4 nitrogen and oxygen atoms in total. The van der Waals surface area contributed by atoms with Crippen LogP contribution in [0, 0.1) is 0 Å². The second-order valence-corrected chi connectivity index (χ2v) is 4.49. The van der Waals surface area contributed by atoms with Crippen LogP contribution in [0.25, 0.3) is 0 Å². The maximum absolute atomic E-state index is 11.8. The van der Waals surface area contributed by atoms with Gasteiger partial charge in [0, 0.05) is 0 Å². The maximum Gasteiger partial charge on any atom is 0.337 e. The smallest absolute Gasteiger partial charge is 0.337 e. The molecule has 0 aliphatic heterocycles. The van der Waals surface area contributed by atoms with E-state index in [2.05, 4.69) is 5.32 Å². The van der Waals surface area contributed by atoms with Crippen LogP contribution in [0.2, 0.25) is 0 Å². The number of hydrogen-bond donors (Lipinski definition) is 2. The fraction of sp³-hybridized carbons (Fsp3) is 0.0769. The fourth-order valence-electron chi connectivity index (χ4n) is 1.55. The largest absolute Gasteiger partial charge is 0.478 e. The molecule has 18 heavy (non-hydrogen) atoms. The number of thiophene rings is 1. The van der Waals surface area contributed by atoms with Crippen molar-refractivity contribution in [2.45, 2.75) is 6.42 Å². The van der Waals surface area contributed by atoms with E-state index in [9.17, 15) is 9.59 Å². The fourth-order valence-corrected chi connectivity index (χ4v) is 2.22. The quantitative estimate of drug-likeness (QED) is 0.889. The first-order valence-electron chi connectivity index (χ1n) is 5.30. The number of carboxylic acids is 1. The van der Waals surface area contributed by atoms with Gasteiger partial charge in [0.15, 0.2) is 0 Å². The summed E-state index contributed by atoms with van der Waals surface area (Å²) < 4.78 is 0. The first-order valence-corrected chi connectivity index (χ1v) is 6.24. The van der Waals surface area contributed by atoms with Gasteiger partial charge >= 0.3 is 5.97 Å². The minimum atomic E-state index is -1.05. The maximum atomic E-state index is 11.8. The Labute approximate surface area is 108 Å². The summed E-state index contributed by atoms with van der Waals surface area (Å²) in [6.07, 6.45) is 0.247. The SMILES string of the molecule is O=C(Cc1ccsc1)Nc1ccccc1C(=O)O. The zero-order valence-electron chi connectivity index (χ0n) is 9.42. The Morgan fingerprint density at radius 2 is 2.00 bits per heavy atom. The first-order chi connectivity index (χ1) is 8.66. The van der Waals surface area contributed by atoms with Crippen LogP contribution in [0.4, 0.5) is 5.69 Å². The van der Waals surface area contributed by atoms with Gasteiger partial charge in [-0.25, -0.2) is 4.79 Å². The number of rotatable bonds is 4. The van der Waals surface area contributed by atoms with Crippen LogP contribution >= 0.6 is 11.3 Å². The zero-order valence-corrected chi connectivity index (χ0v) is 10.2. The third-order valence-corrected chi connectivity index (χ3v) is 3.11. The average molecular weight is 261 g/mol. The van der Waals surface area contributed by atoms with Crippen molar-refractivity contribution < 1.29 is 14.7 Å². The molecule has 0 saturated carbocycles. The number of carbonyl (C=O) groups excluding carboxylic acids is 1. The summed E-state index contributed by atoms with van der Waals surface area (Å²) in [5.74, 6) is -1.27. The lowest BCUT2D eigenvalue weighted by molar-refractivity contribution is -0.115. The van der Waals surface area contributed by atoms with E-state index in [0.717, 1.165) is 5.56 Å². The van der Waals surface area contributed by atoms with Gasteiger partial charge in [-0.1, -0.05) is 12.1 Å². The Morgan fingerprint density at radius 1 is 1.22 bits per heavy atom. The van der Waals surface area contributed by atoms with Gasteiger partial charge in [0.1, 0.15) is 0 Å². The second-order valence-electron chi connectivity index (χ2n) is 3.71. The highest BCUT2D eigenvalue weighted by Crippen LogP contribution is 2.15. The number of anilines is 1. The number of carboxylic acid groups (broad SMARTS) is 1. The number of aromatic carboxylic acids is 1. The van der Waals surface area contributed by atoms with E-state index in [1.807, 2.05) is 16.8 Å². The number of benzene rings is 1. The summed E-state index contributed by atoms with van der Waals surface area (Å²) in [6, 6.07) is 8.22. The molecule has 0 unspecified atom stereocenters.